The van der Waals surface area contributed by atoms with Gasteiger partial charge in [0.2, 0.25) is 0 Å². The average molecular weight is 293 g/mol. The zero-order valence-corrected chi connectivity index (χ0v) is 14.1. The molecule has 21 heavy (non-hydrogen) atoms. The van der Waals surface area contributed by atoms with Crippen LogP contribution in [0.15, 0.2) is 18.2 Å². The van der Waals surface area contributed by atoms with Gasteiger partial charge in [0.1, 0.15) is 0 Å². The van der Waals surface area contributed by atoms with Gasteiger partial charge in [0.25, 0.3) is 0 Å². The summed E-state index contributed by atoms with van der Waals surface area (Å²) in [6.45, 7) is 12.2. The molecule has 3 nitrogen and oxygen atoms in total. The number of rotatable bonds is 11. The Balaban J connectivity index is 2.76. The van der Waals surface area contributed by atoms with Crippen molar-refractivity contribution in [2.45, 2.75) is 52.9 Å². The highest BCUT2D eigenvalue weighted by molar-refractivity contribution is 5.44. The van der Waals surface area contributed by atoms with Gasteiger partial charge in [-0.3, -0.25) is 0 Å². The van der Waals surface area contributed by atoms with E-state index in [0.717, 1.165) is 50.6 Å². The molecule has 0 bridgehead atoms. The van der Waals surface area contributed by atoms with E-state index in [1.165, 1.54) is 12.0 Å². The SMILES string of the molecule is CCCNCC(C)c1ccc(OCCC)c(OCCC)c1. The maximum Gasteiger partial charge on any atom is 0.161 e. The molecular weight excluding hydrogens is 262 g/mol. The molecule has 0 saturated carbocycles. The first kappa shape index (κ1) is 17.8. The van der Waals surface area contributed by atoms with Crippen molar-refractivity contribution >= 4 is 0 Å². The van der Waals surface area contributed by atoms with Gasteiger partial charge in [0, 0.05) is 6.54 Å². The van der Waals surface area contributed by atoms with Crippen molar-refractivity contribution in [2.24, 2.45) is 0 Å². The van der Waals surface area contributed by atoms with Crippen LogP contribution in [0.3, 0.4) is 0 Å². The van der Waals surface area contributed by atoms with E-state index in [4.69, 9.17) is 9.47 Å². The number of hydrogen-bond donors (Lipinski definition) is 1. The topological polar surface area (TPSA) is 30.5 Å². The molecule has 0 heterocycles. The second-order valence-corrected chi connectivity index (χ2v) is 5.51. The van der Waals surface area contributed by atoms with Gasteiger partial charge in [-0.1, -0.05) is 33.8 Å². The fourth-order valence-corrected chi connectivity index (χ4v) is 2.10. The first-order valence-corrected chi connectivity index (χ1v) is 8.33. The first-order valence-electron chi connectivity index (χ1n) is 8.33. The monoisotopic (exact) mass is 293 g/mol. The molecule has 3 heteroatoms. The lowest BCUT2D eigenvalue weighted by Gasteiger charge is -2.17. The molecule has 0 radical (unpaired) electrons. The Kier molecular flexibility index (Phi) is 8.91. The van der Waals surface area contributed by atoms with Crippen LogP contribution in [0.4, 0.5) is 0 Å². The van der Waals surface area contributed by atoms with E-state index in [1.54, 1.807) is 0 Å². The molecule has 0 aliphatic carbocycles. The highest BCUT2D eigenvalue weighted by Gasteiger charge is 2.11. The summed E-state index contributed by atoms with van der Waals surface area (Å²) in [5.74, 6) is 2.22. The molecule has 1 atom stereocenters. The van der Waals surface area contributed by atoms with Crippen LogP contribution in [-0.2, 0) is 0 Å². The summed E-state index contributed by atoms with van der Waals surface area (Å²) in [6, 6.07) is 6.34. The van der Waals surface area contributed by atoms with Crippen LogP contribution in [0, 0.1) is 0 Å². The van der Waals surface area contributed by atoms with E-state index >= 15 is 0 Å². The molecular formula is C18H31NO2. The zero-order chi connectivity index (χ0) is 15.5. The Bertz CT molecular complexity index is 393. The van der Waals surface area contributed by atoms with Gasteiger partial charge in [-0.15, -0.1) is 0 Å². The maximum absolute atomic E-state index is 5.85. The Hall–Kier alpha value is -1.22. The fraction of sp³-hybridized carbons (Fsp3) is 0.667. The quantitative estimate of drug-likeness (QED) is 0.615. The summed E-state index contributed by atoms with van der Waals surface area (Å²) in [5.41, 5.74) is 1.30. The van der Waals surface area contributed by atoms with Crippen LogP contribution in [-0.4, -0.2) is 26.3 Å². The van der Waals surface area contributed by atoms with Gasteiger partial charge >= 0.3 is 0 Å². The average Bonchev–Trinajstić information content (AvgIpc) is 2.51. The third-order valence-corrected chi connectivity index (χ3v) is 3.34. The van der Waals surface area contributed by atoms with Crippen LogP contribution < -0.4 is 14.8 Å². The van der Waals surface area contributed by atoms with Gasteiger partial charge in [-0.05, 0) is 49.4 Å². The summed E-state index contributed by atoms with van der Waals surface area (Å²) >= 11 is 0. The third-order valence-electron chi connectivity index (χ3n) is 3.34. The Labute approximate surface area is 130 Å². The fourth-order valence-electron chi connectivity index (χ4n) is 2.10. The van der Waals surface area contributed by atoms with Crippen molar-refractivity contribution in [1.29, 1.82) is 0 Å². The van der Waals surface area contributed by atoms with E-state index in [0.29, 0.717) is 5.92 Å². The van der Waals surface area contributed by atoms with E-state index in [1.807, 2.05) is 6.07 Å². The standard InChI is InChI=1S/C18H31NO2/c1-5-10-19-14-15(4)16-8-9-17(20-11-6-2)18(13-16)21-12-7-3/h8-9,13,15,19H,5-7,10-12,14H2,1-4H3. The lowest BCUT2D eigenvalue weighted by atomic mass is 10.0. The second-order valence-electron chi connectivity index (χ2n) is 5.51. The lowest BCUT2D eigenvalue weighted by Crippen LogP contribution is -2.20. The van der Waals surface area contributed by atoms with E-state index in [2.05, 4.69) is 45.1 Å². The molecule has 0 saturated heterocycles. The molecule has 1 aromatic carbocycles. The largest absolute Gasteiger partial charge is 0.490 e. The van der Waals surface area contributed by atoms with Gasteiger partial charge in [0.15, 0.2) is 11.5 Å². The van der Waals surface area contributed by atoms with Gasteiger partial charge in [-0.25, -0.2) is 0 Å². The molecule has 1 N–H and O–H groups in total. The van der Waals surface area contributed by atoms with Crippen LogP contribution >= 0.6 is 0 Å². The smallest absolute Gasteiger partial charge is 0.161 e. The lowest BCUT2D eigenvalue weighted by molar-refractivity contribution is 0.268. The van der Waals surface area contributed by atoms with E-state index in [-0.39, 0.29) is 0 Å². The van der Waals surface area contributed by atoms with Crippen LogP contribution in [0.5, 0.6) is 11.5 Å². The minimum Gasteiger partial charge on any atom is -0.490 e. The highest BCUT2D eigenvalue weighted by Crippen LogP contribution is 2.31. The number of ether oxygens (including phenoxy) is 2. The van der Waals surface area contributed by atoms with Crippen molar-refractivity contribution in [2.75, 3.05) is 26.3 Å². The predicted molar refractivity (Wildman–Crippen MR) is 89.6 cm³/mol. The Morgan fingerprint density at radius 2 is 1.62 bits per heavy atom. The van der Waals surface area contributed by atoms with Crippen molar-refractivity contribution in [3.05, 3.63) is 23.8 Å². The first-order chi connectivity index (χ1) is 10.2. The van der Waals surface area contributed by atoms with E-state index < -0.39 is 0 Å². The minimum absolute atomic E-state index is 0.473. The normalized spacial score (nSPS) is 12.2. The summed E-state index contributed by atoms with van der Waals surface area (Å²) in [5, 5.41) is 3.47. The molecule has 0 fully saturated rings. The summed E-state index contributed by atoms with van der Waals surface area (Å²) in [6.07, 6.45) is 3.18. The molecule has 0 aliphatic rings. The summed E-state index contributed by atoms with van der Waals surface area (Å²) in [7, 11) is 0. The maximum atomic E-state index is 5.85. The van der Waals surface area contributed by atoms with Crippen LogP contribution in [0.2, 0.25) is 0 Å². The van der Waals surface area contributed by atoms with Crippen molar-refractivity contribution < 1.29 is 9.47 Å². The minimum atomic E-state index is 0.473. The van der Waals surface area contributed by atoms with Gasteiger partial charge in [0.05, 0.1) is 13.2 Å². The number of benzene rings is 1. The van der Waals surface area contributed by atoms with Gasteiger partial charge < -0.3 is 14.8 Å². The number of nitrogens with one attached hydrogen (secondary N) is 1. The van der Waals surface area contributed by atoms with Crippen molar-refractivity contribution in [3.63, 3.8) is 0 Å². The third kappa shape index (κ3) is 6.38. The molecule has 1 unspecified atom stereocenters. The molecule has 1 rings (SSSR count). The van der Waals surface area contributed by atoms with Gasteiger partial charge in [-0.2, -0.15) is 0 Å². The molecule has 0 spiro atoms. The highest BCUT2D eigenvalue weighted by atomic mass is 16.5. The number of hydrogen-bond acceptors (Lipinski definition) is 3. The van der Waals surface area contributed by atoms with E-state index in [9.17, 15) is 0 Å². The second kappa shape index (κ2) is 10.5. The Morgan fingerprint density at radius 1 is 0.952 bits per heavy atom. The Morgan fingerprint density at radius 3 is 2.24 bits per heavy atom. The van der Waals surface area contributed by atoms with Crippen LogP contribution in [0.1, 0.15) is 58.4 Å². The summed E-state index contributed by atoms with van der Waals surface area (Å²) in [4.78, 5) is 0. The van der Waals surface area contributed by atoms with Crippen molar-refractivity contribution in [3.8, 4) is 11.5 Å². The van der Waals surface area contributed by atoms with Crippen LogP contribution in [0.25, 0.3) is 0 Å². The van der Waals surface area contributed by atoms with Crippen molar-refractivity contribution in [1.82, 2.24) is 5.32 Å². The molecule has 120 valence electrons. The molecule has 1 aromatic rings. The summed E-state index contributed by atoms with van der Waals surface area (Å²) < 4.78 is 11.6. The molecule has 0 amide bonds. The molecule has 0 aromatic heterocycles. The zero-order valence-electron chi connectivity index (χ0n) is 14.1. The molecule has 0 aliphatic heterocycles. The predicted octanol–water partition coefficient (Wildman–Crippen LogP) is 4.37.